The highest BCUT2D eigenvalue weighted by molar-refractivity contribution is 6.05. The lowest BCUT2D eigenvalue weighted by Gasteiger charge is -2.06. The summed E-state index contributed by atoms with van der Waals surface area (Å²) < 4.78 is 1.63. The van der Waals surface area contributed by atoms with Gasteiger partial charge in [-0.15, -0.1) is 0 Å². The lowest BCUT2D eigenvalue weighted by molar-refractivity contribution is 0.102. The van der Waals surface area contributed by atoms with E-state index in [1.807, 2.05) is 13.0 Å². The number of anilines is 2. The maximum absolute atomic E-state index is 12.0. The summed E-state index contributed by atoms with van der Waals surface area (Å²) in [5.41, 5.74) is 8.38. The van der Waals surface area contributed by atoms with Crippen LogP contribution in [0.3, 0.4) is 0 Å². The van der Waals surface area contributed by atoms with Crippen molar-refractivity contribution in [1.29, 1.82) is 0 Å². The van der Waals surface area contributed by atoms with Crippen LogP contribution in [-0.4, -0.2) is 15.7 Å². The van der Waals surface area contributed by atoms with Crippen LogP contribution in [0, 0.1) is 6.92 Å². The summed E-state index contributed by atoms with van der Waals surface area (Å²) in [6.07, 6.45) is 3.33. The van der Waals surface area contributed by atoms with Crippen molar-refractivity contribution >= 4 is 17.3 Å². The maximum Gasteiger partial charge on any atom is 0.256 e. The lowest BCUT2D eigenvalue weighted by Crippen LogP contribution is -2.13. The minimum Gasteiger partial charge on any atom is -0.399 e. The molecule has 0 bridgehead atoms. The van der Waals surface area contributed by atoms with Crippen molar-refractivity contribution in [1.82, 2.24) is 9.78 Å². The molecule has 0 radical (unpaired) electrons. The number of nitrogen functional groups attached to an aromatic ring is 1. The van der Waals surface area contributed by atoms with Crippen LogP contribution in [-0.2, 0) is 7.05 Å². The number of hydrogen-bond acceptors (Lipinski definition) is 3. The van der Waals surface area contributed by atoms with Gasteiger partial charge in [-0.25, -0.2) is 0 Å². The molecule has 3 N–H and O–H groups in total. The summed E-state index contributed by atoms with van der Waals surface area (Å²) >= 11 is 0. The van der Waals surface area contributed by atoms with Gasteiger partial charge < -0.3 is 11.1 Å². The van der Waals surface area contributed by atoms with Gasteiger partial charge in [0, 0.05) is 24.5 Å². The number of carbonyl (C=O) groups is 1. The molecule has 1 heterocycles. The molecule has 17 heavy (non-hydrogen) atoms. The first-order chi connectivity index (χ1) is 8.06. The first kappa shape index (κ1) is 11.2. The SMILES string of the molecule is Cc1ccc(N)cc1C(=O)Nc1cnn(C)c1. The number of benzene rings is 1. The van der Waals surface area contributed by atoms with Gasteiger partial charge in [-0.3, -0.25) is 9.48 Å². The fourth-order valence-electron chi connectivity index (χ4n) is 1.57. The molecule has 0 aliphatic carbocycles. The molecule has 0 aliphatic rings. The van der Waals surface area contributed by atoms with Gasteiger partial charge in [-0.1, -0.05) is 6.07 Å². The molecule has 5 heteroatoms. The van der Waals surface area contributed by atoms with Crippen LogP contribution >= 0.6 is 0 Å². The zero-order valence-electron chi connectivity index (χ0n) is 9.77. The third kappa shape index (κ3) is 2.44. The molecule has 0 spiro atoms. The number of amides is 1. The third-order valence-corrected chi connectivity index (χ3v) is 2.47. The largest absolute Gasteiger partial charge is 0.399 e. The van der Waals surface area contributed by atoms with Crippen LogP contribution in [0.5, 0.6) is 0 Å². The Kier molecular flexibility index (Phi) is 2.82. The van der Waals surface area contributed by atoms with Crippen molar-refractivity contribution in [2.75, 3.05) is 11.1 Å². The van der Waals surface area contributed by atoms with E-state index < -0.39 is 0 Å². The summed E-state index contributed by atoms with van der Waals surface area (Å²) in [6, 6.07) is 5.27. The second kappa shape index (κ2) is 4.29. The quantitative estimate of drug-likeness (QED) is 0.769. The average molecular weight is 230 g/mol. The van der Waals surface area contributed by atoms with Crippen molar-refractivity contribution in [2.45, 2.75) is 6.92 Å². The predicted octanol–water partition coefficient (Wildman–Crippen LogP) is 1.56. The van der Waals surface area contributed by atoms with Gasteiger partial charge >= 0.3 is 0 Å². The van der Waals surface area contributed by atoms with Gasteiger partial charge in [-0.2, -0.15) is 5.10 Å². The molecule has 0 aliphatic heterocycles. The summed E-state index contributed by atoms with van der Waals surface area (Å²) in [6.45, 7) is 1.87. The summed E-state index contributed by atoms with van der Waals surface area (Å²) in [4.78, 5) is 12.0. The number of nitrogens with two attached hydrogens (primary N) is 1. The zero-order valence-corrected chi connectivity index (χ0v) is 9.77. The van der Waals surface area contributed by atoms with Crippen molar-refractivity contribution in [3.8, 4) is 0 Å². The van der Waals surface area contributed by atoms with Gasteiger partial charge in [0.1, 0.15) is 0 Å². The Balaban J connectivity index is 2.22. The van der Waals surface area contributed by atoms with E-state index in [4.69, 9.17) is 5.73 Å². The molecule has 1 aromatic heterocycles. The van der Waals surface area contributed by atoms with E-state index in [0.717, 1.165) is 5.56 Å². The number of aromatic nitrogens is 2. The van der Waals surface area contributed by atoms with Crippen molar-refractivity contribution in [2.24, 2.45) is 7.05 Å². The molecule has 5 nitrogen and oxygen atoms in total. The van der Waals surface area contributed by atoms with E-state index in [0.29, 0.717) is 16.9 Å². The van der Waals surface area contributed by atoms with Gasteiger partial charge in [0.15, 0.2) is 0 Å². The number of hydrogen-bond donors (Lipinski definition) is 2. The minimum atomic E-state index is -0.178. The summed E-state index contributed by atoms with van der Waals surface area (Å²) in [5.74, 6) is -0.178. The molecular weight excluding hydrogens is 216 g/mol. The molecule has 1 aromatic carbocycles. The summed E-state index contributed by atoms with van der Waals surface area (Å²) in [5, 5.41) is 6.75. The van der Waals surface area contributed by atoms with Crippen molar-refractivity contribution in [3.05, 3.63) is 41.7 Å². The Bertz CT molecular complexity index is 559. The Morgan fingerprint density at radius 3 is 2.88 bits per heavy atom. The van der Waals surface area contributed by atoms with Crippen LogP contribution in [0.4, 0.5) is 11.4 Å². The van der Waals surface area contributed by atoms with Gasteiger partial charge in [0.2, 0.25) is 0 Å². The third-order valence-electron chi connectivity index (χ3n) is 2.47. The number of nitrogens with one attached hydrogen (secondary N) is 1. The zero-order chi connectivity index (χ0) is 12.4. The van der Waals surface area contributed by atoms with Crippen LogP contribution in [0.1, 0.15) is 15.9 Å². The van der Waals surface area contributed by atoms with E-state index in [9.17, 15) is 4.79 Å². The smallest absolute Gasteiger partial charge is 0.256 e. The Morgan fingerprint density at radius 2 is 2.24 bits per heavy atom. The topological polar surface area (TPSA) is 72.9 Å². The average Bonchev–Trinajstić information content (AvgIpc) is 2.67. The second-order valence-corrected chi connectivity index (χ2v) is 3.93. The van der Waals surface area contributed by atoms with Crippen LogP contribution in [0.25, 0.3) is 0 Å². The lowest BCUT2D eigenvalue weighted by atomic mass is 10.1. The first-order valence-electron chi connectivity index (χ1n) is 5.22. The van der Waals surface area contributed by atoms with Gasteiger partial charge in [0.05, 0.1) is 11.9 Å². The van der Waals surface area contributed by atoms with Crippen molar-refractivity contribution < 1.29 is 4.79 Å². The van der Waals surface area contributed by atoms with E-state index in [1.54, 1.807) is 36.3 Å². The molecule has 0 saturated carbocycles. The molecule has 88 valence electrons. The van der Waals surface area contributed by atoms with Crippen LogP contribution in [0.2, 0.25) is 0 Å². The fraction of sp³-hybridized carbons (Fsp3) is 0.167. The van der Waals surface area contributed by atoms with Gasteiger partial charge in [-0.05, 0) is 24.6 Å². The molecule has 0 atom stereocenters. The molecular formula is C12H14N4O. The normalized spacial score (nSPS) is 10.2. The monoisotopic (exact) mass is 230 g/mol. The van der Waals surface area contributed by atoms with E-state index >= 15 is 0 Å². The highest BCUT2D eigenvalue weighted by Crippen LogP contribution is 2.14. The van der Waals surface area contributed by atoms with Crippen molar-refractivity contribution in [3.63, 3.8) is 0 Å². The second-order valence-electron chi connectivity index (χ2n) is 3.93. The van der Waals surface area contributed by atoms with E-state index in [2.05, 4.69) is 10.4 Å². The number of rotatable bonds is 2. The maximum atomic E-state index is 12.0. The molecule has 0 unspecified atom stereocenters. The number of carbonyl (C=O) groups excluding carboxylic acids is 1. The molecule has 0 saturated heterocycles. The molecule has 0 fully saturated rings. The van der Waals surface area contributed by atoms with Gasteiger partial charge in [0.25, 0.3) is 5.91 Å². The minimum absolute atomic E-state index is 0.178. The summed E-state index contributed by atoms with van der Waals surface area (Å²) in [7, 11) is 1.79. The number of nitrogens with zero attached hydrogens (tertiary/aromatic N) is 2. The van der Waals surface area contributed by atoms with Crippen LogP contribution in [0.15, 0.2) is 30.6 Å². The molecule has 2 rings (SSSR count). The highest BCUT2D eigenvalue weighted by atomic mass is 16.1. The Morgan fingerprint density at radius 1 is 1.47 bits per heavy atom. The van der Waals surface area contributed by atoms with E-state index in [1.165, 1.54) is 0 Å². The number of aryl methyl sites for hydroxylation is 2. The Hall–Kier alpha value is -2.30. The van der Waals surface area contributed by atoms with Crippen LogP contribution < -0.4 is 11.1 Å². The first-order valence-corrected chi connectivity index (χ1v) is 5.22. The predicted molar refractivity (Wildman–Crippen MR) is 66.8 cm³/mol. The standard InChI is InChI=1S/C12H14N4O/c1-8-3-4-9(13)5-11(8)12(17)15-10-6-14-16(2)7-10/h3-7H,13H2,1-2H3,(H,15,17). The molecule has 2 aromatic rings. The highest BCUT2D eigenvalue weighted by Gasteiger charge is 2.10. The van der Waals surface area contributed by atoms with E-state index in [-0.39, 0.29) is 5.91 Å². The Labute approximate surface area is 99.2 Å². The molecule has 1 amide bonds. The fourth-order valence-corrected chi connectivity index (χ4v) is 1.57.